The molecule has 2 rings (SSSR count). The first-order valence-corrected chi connectivity index (χ1v) is 8.85. The third-order valence-electron chi connectivity index (χ3n) is 3.96. The largest absolute Gasteiger partial charge is 0.493 e. The first kappa shape index (κ1) is 19.1. The third-order valence-corrected chi connectivity index (χ3v) is 4.61. The van der Waals surface area contributed by atoms with E-state index in [1.54, 1.807) is 26.4 Å². The molecule has 0 spiro atoms. The van der Waals surface area contributed by atoms with Gasteiger partial charge in [-0.1, -0.05) is 31.2 Å². The molecule has 6 heteroatoms. The Kier molecular flexibility index (Phi) is 6.70. The molecule has 0 saturated carbocycles. The molecule has 0 bridgehead atoms. The van der Waals surface area contributed by atoms with Gasteiger partial charge in [-0.2, -0.15) is 0 Å². The number of aryl methyl sites for hydroxylation is 1. The van der Waals surface area contributed by atoms with Crippen molar-refractivity contribution in [2.75, 3.05) is 19.5 Å². The number of amides is 2. The van der Waals surface area contributed by atoms with Gasteiger partial charge >= 0.3 is 6.03 Å². The molecule has 5 nitrogen and oxygen atoms in total. The van der Waals surface area contributed by atoms with Crippen LogP contribution in [0.15, 0.2) is 40.9 Å². The summed E-state index contributed by atoms with van der Waals surface area (Å²) >= 11 is 3.43. The second-order valence-electron chi connectivity index (χ2n) is 5.60. The highest BCUT2D eigenvalue weighted by molar-refractivity contribution is 9.10. The smallest absolute Gasteiger partial charge is 0.319 e. The Bertz CT molecular complexity index is 732. The number of ether oxygens (including phenoxy) is 2. The van der Waals surface area contributed by atoms with Gasteiger partial charge in [-0.15, -0.1) is 0 Å². The number of benzene rings is 2. The number of methoxy groups -OCH3 is 2. The van der Waals surface area contributed by atoms with Gasteiger partial charge in [0.05, 0.1) is 25.9 Å². The second kappa shape index (κ2) is 8.76. The van der Waals surface area contributed by atoms with Crippen molar-refractivity contribution in [2.24, 2.45) is 0 Å². The summed E-state index contributed by atoms with van der Waals surface area (Å²) in [5, 5.41) is 5.76. The van der Waals surface area contributed by atoms with Gasteiger partial charge in [0, 0.05) is 16.6 Å². The number of urea groups is 1. The van der Waals surface area contributed by atoms with E-state index in [2.05, 4.69) is 45.6 Å². The maximum absolute atomic E-state index is 12.3. The fraction of sp³-hybridized carbons (Fsp3) is 0.316. The molecule has 0 aliphatic rings. The predicted molar refractivity (Wildman–Crippen MR) is 104 cm³/mol. The Labute approximate surface area is 156 Å². The van der Waals surface area contributed by atoms with Gasteiger partial charge in [0.1, 0.15) is 0 Å². The first-order valence-electron chi connectivity index (χ1n) is 8.06. The van der Waals surface area contributed by atoms with Gasteiger partial charge in [-0.25, -0.2) is 4.79 Å². The average molecular weight is 407 g/mol. The number of nitrogens with one attached hydrogen (secondary N) is 2. The zero-order valence-corrected chi connectivity index (χ0v) is 16.4. The van der Waals surface area contributed by atoms with Gasteiger partial charge in [-0.05, 0) is 40.4 Å². The first-order chi connectivity index (χ1) is 12.0. The van der Waals surface area contributed by atoms with Crippen LogP contribution in [0.4, 0.5) is 10.5 Å². The van der Waals surface area contributed by atoms with E-state index in [9.17, 15) is 4.79 Å². The molecule has 25 heavy (non-hydrogen) atoms. The maximum Gasteiger partial charge on any atom is 0.319 e. The van der Waals surface area contributed by atoms with Crippen LogP contribution in [0.5, 0.6) is 11.5 Å². The van der Waals surface area contributed by atoms with Crippen LogP contribution in [-0.2, 0) is 6.42 Å². The maximum atomic E-state index is 12.3. The lowest BCUT2D eigenvalue weighted by atomic mass is 10.1. The number of anilines is 1. The monoisotopic (exact) mass is 406 g/mol. The van der Waals surface area contributed by atoms with E-state index >= 15 is 0 Å². The van der Waals surface area contributed by atoms with Gasteiger partial charge < -0.3 is 20.1 Å². The predicted octanol–water partition coefficient (Wildman–Crippen LogP) is 4.91. The van der Waals surface area contributed by atoms with Gasteiger partial charge in [-0.3, -0.25) is 0 Å². The lowest BCUT2D eigenvalue weighted by Gasteiger charge is -2.17. The van der Waals surface area contributed by atoms with Crippen molar-refractivity contribution in [1.82, 2.24) is 5.32 Å². The standard InChI is InChI=1S/C19H23BrN2O3/c1-5-13-6-8-14(9-7-13)12(2)21-19(23)22-16-11-18(25-4)17(24-3)10-15(16)20/h6-12H,5H2,1-4H3,(H2,21,22,23). The van der Waals surface area contributed by atoms with E-state index in [4.69, 9.17) is 9.47 Å². The van der Waals surface area contributed by atoms with E-state index in [1.165, 1.54) is 5.56 Å². The molecule has 0 aromatic heterocycles. The SMILES string of the molecule is CCc1ccc(C(C)NC(=O)Nc2cc(OC)c(OC)cc2Br)cc1. The summed E-state index contributed by atoms with van der Waals surface area (Å²) in [7, 11) is 3.12. The zero-order valence-electron chi connectivity index (χ0n) is 14.9. The second-order valence-corrected chi connectivity index (χ2v) is 6.46. The number of rotatable bonds is 6. The Morgan fingerprint density at radius 3 is 2.28 bits per heavy atom. The number of carbonyl (C=O) groups excluding carboxylic acids is 1. The number of hydrogen-bond acceptors (Lipinski definition) is 3. The minimum absolute atomic E-state index is 0.107. The summed E-state index contributed by atoms with van der Waals surface area (Å²) in [5.74, 6) is 1.13. The highest BCUT2D eigenvalue weighted by Gasteiger charge is 2.14. The molecule has 134 valence electrons. The highest BCUT2D eigenvalue weighted by atomic mass is 79.9. The summed E-state index contributed by atoms with van der Waals surface area (Å²) in [6.45, 7) is 4.06. The quantitative estimate of drug-likeness (QED) is 0.715. The van der Waals surface area contributed by atoms with Crippen molar-refractivity contribution in [2.45, 2.75) is 26.3 Å². The lowest BCUT2D eigenvalue weighted by Crippen LogP contribution is -2.31. The van der Waals surface area contributed by atoms with E-state index in [0.717, 1.165) is 12.0 Å². The fourth-order valence-corrected chi connectivity index (χ4v) is 2.85. The molecule has 0 aliphatic heterocycles. The average Bonchev–Trinajstić information content (AvgIpc) is 2.62. The van der Waals surface area contributed by atoms with Crippen LogP contribution in [-0.4, -0.2) is 20.3 Å². The van der Waals surface area contributed by atoms with E-state index in [-0.39, 0.29) is 12.1 Å². The summed E-state index contributed by atoms with van der Waals surface area (Å²) in [5.41, 5.74) is 2.93. The highest BCUT2D eigenvalue weighted by Crippen LogP contribution is 2.36. The molecule has 2 amide bonds. The normalized spacial score (nSPS) is 11.6. The lowest BCUT2D eigenvalue weighted by molar-refractivity contribution is 0.249. The van der Waals surface area contributed by atoms with Crippen molar-refractivity contribution in [1.29, 1.82) is 0 Å². The molecule has 0 heterocycles. The number of hydrogen-bond donors (Lipinski definition) is 2. The summed E-state index contributed by atoms with van der Waals surface area (Å²) in [6.07, 6.45) is 0.996. The van der Waals surface area contributed by atoms with Crippen LogP contribution in [0.25, 0.3) is 0 Å². The molecule has 0 fully saturated rings. The zero-order chi connectivity index (χ0) is 18.4. The molecular weight excluding hydrogens is 384 g/mol. The van der Waals surface area contributed by atoms with Crippen molar-refractivity contribution in [3.63, 3.8) is 0 Å². The van der Waals surface area contributed by atoms with E-state index in [0.29, 0.717) is 21.7 Å². The van der Waals surface area contributed by atoms with Crippen LogP contribution in [0.2, 0.25) is 0 Å². The number of carbonyl (C=O) groups is 1. The molecule has 1 atom stereocenters. The van der Waals surface area contributed by atoms with E-state index < -0.39 is 0 Å². The van der Waals surface area contributed by atoms with Gasteiger partial charge in [0.25, 0.3) is 0 Å². The molecule has 1 unspecified atom stereocenters. The summed E-state index contributed by atoms with van der Waals surface area (Å²) in [6, 6.07) is 11.3. The molecule has 0 radical (unpaired) electrons. The Balaban J connectivity index is 2.06. The van der Waals surface area contributed by atoms with Crippen molar-refractivity contribution >= 4 is 27.6 Å². The van der Waals surface area contributed by atoms with Crippen LogP contribution in [0, 0.1) is 0 Å². The minimum atomic E-state index is -0.292. The minimum Gasteiger partial charge on any atom is -0.493 e. The summed E-state index contributed by atoms with van der Waals surface area (Å²) < 4.78 is 11.2. The van der Waals surface area contributed by atoms with Crippen molar-refractivity contribution in [3.8, 4) is 11.5 Å². The molecule has 2 aromatic rings. The Morgan fingerprint density at radius 1 is 1.12 bits per heavy atom. The van der Waals surface area contributed by atoms with Gasteiger partial charge in [0.15, 0.2) is 11.5 Å². The van der Waals surface area contributed by atoms with Crippen molar-refractivity contribution in [3.05, 3.63) is 52.0 Å². The Hall–Kier alpha value is -2.21. The van der Waals surface area contributed by atoms with Crippen LogP contribution < -0.4 is 20.1 Å². The van der Waals surface area contributed by atoms with Crippen LogP contribution in [0.3, 0.4) is 0 Å². The van der Waals surface area contributed by atoms with Crippen molar-refractivity contribution < 1.29 is 14.3 Å². The van der Waals surface area contributed by atoms with E-state index in [1.807, 2.05) is 19.1 Å². The van der Waals surface area contributed by atoms with Crippen LogP contribution >= 0.6 is 15.9 Å². The molecule has 0 saturated heterocycles. The Morgan fingerprint density at radius 2 is 1.72 bits per heavy atom. The topological polar surface area (TPSA) is 59.6 Å². The molecule has 2 N–H and O–H groups in total. The molecule has 0 aliphatic carbocycles. The molecule has 2 aromatic carbocycles. The van der Waals surface area contributed by atoms with Gasteiger partial charge in [0.2, 0.25) is 0 Å². The molecular formula is C19H23BrN2O3. The third kappa shape index (κ3) is 4.89. The number of halogens is 1. The fourth-order valence-electron chi connectivity index (χ4n) is 2.43. The summed E-state index contributed by atoms with van der Waals surface area (Å²) in [4.78, 5) is 12.3. The van der Waals surface area contributed by atoms with Crippen LogP contribution in [0.1, 0.15) is 31.0 Å².